The Morgan fingerprint density at radius 2 is 2.14 bits per heavy atom. The van der Waals surface area contributed by atoms with E-state index in [1.165, 1.54) is 29.9 Å². The Morgan fingerprint density at radius 3 is 2.68 bits per heavy atom. The number of halogens is 1. The maximum Gasteiger partial charge on any atom is 0.320 e. The second-order valence-corrected chi connectivity index (χ2v) is 5.14. The minimum atomic E-state index is -0.632. The molecule has 22 heavy (non-hydrogen) atoms. The lowest BCUT2D eigenvalue weighted by atomic mass is 10.3. The molecule has 2 heterocycles. The summed E-state index contributed by atoms with van der Waals surface area (Å²) in [6.07, 6.45) is 2.86. The first-order chi connectivity index (χ1) is 10.3. The summed E-state index contributed by atoms with van der Waals surface area (Å²) in [4.78, 5) is 24.0. The first-order valence-electron chi connectivity index (χ1n) is 6.48. The van der Waals surface area contributed by atoms with Crippen molar-refractivity contribution in [1.29, 1.82) is 0 Å². The van der Waals surface area contributed by atoms with E-state index in [0.717, 1.165) is 0 Å². The van der Waals surface area contributed by atoms with Gasteiger partial charge in [0.1, 0.15) is 11.9 Å². The fourth-order valence-electron chi connectivity index (χ4n) is 1.95. The van der Waals surface area contributed by atoms with Gasteiger partial charge in [0.15, 0.2) is 0 Å². The van der Waals surface area contributed by atoms with E-state index in [0.29, 0.717) is 17.3 Å². The second-order valence-electron chi connectivity index (χ2n) is 4.73. The van der Waals surface area contributed by atoms with Crippen LogP contribution in [0.3, 0.4) is 0 Å². The average Bonchev–Trinajstić information content (AvgIpc) is 3.01. The van der Waals surface area contributed by atoms with Crippen molar-refractivity contribution in [1.82, 2.24) is 24.5 Å². The van der Waals surface area contributed by atoms with Crippen LogP contribution in [0.15, 0.2) is 12.4 Å². The van der Waals surface area contributed by atoms with Crippen molar-refractivity contribution >= 4 is 23.2 Å². The third-order valence-corrected chi connectivity index (χ3v) is 3.37. The van der Waals surface area contributed by atoms with Gasteiger partial charge in [0.05, 0.1) is 16.5 Å². The van der Waals surface area contributed by atoms with Crippen LogP contribution in [0.5, 0.6) is 0 Å². The molecule has 0 bridgehead atoms. The smallest absolute Gasteiger partial charge is 0.320 e. The Morgan fingerprint density at radius 1 is 1.45 bits per heavy atom. The van der Waals surface area contributed by atoms with Gasteiger partial charge in [0, 0.05) is 26.8 Å². The van der Waals surface area contributed by atoms with Crippen molar-refractivity contribution in [3.05, 3.63) is 38.9 Å². The summed E-state index contributed by atoms with van der Waals surface area (Å²) < 4.78 is 2.89. The minimum absolute atomic E-state index is 0.137. The molecule has 2 aromatic rings. The first-order valence-corrected chi connectivity index (χ1v) is 6.86. The molecule has 0 atom stereocenters. The number of aromatic nitrogens is 4. The van der Waals surface area contributed by atoms with E-state index < -0.39 is 10.8 Å². The number of hydrogen-bond acceptors (Lipinski definition) is 5. The van der Waals surface area contributed by atoms with Crippen LogP contribution in [0, 0.1) is 10.1 Å². The summed E-state index contributed by atoms with van der Waals surface area (Å²) in [7, 11) is 3.03. The lowest BCUT2D eigenvalue weighted by molar-refractivity contribution is -0.385. The Balaban J connectivity index is 2.22. The van der Waals surface area contributed by atoms with E-state index in [1.54, 1.807) is 10.9 Å². The highest BCUT2D eigenvalue weighted by Gasteiger charge is 2.28. The molecular weight excluding hydrogens is 312 g/mol. The van der Waals surface area contributed by atoms with Crippen molar-refractivity contribution in [2.75, 3.05) is 7.05 Å². The maximum absolute atomic E-state index is 12.3. The molecule has 9 nitrogen and oxygen atoms in total. The summed E-state index contributed by atoms with van der Waals surface area (Å²) in [5.74, 6) is -0.561. The number of hydrogen-bond donors (Lipinski definition) is 0. The fourth-order valence-corrected chi connectivity index (χ4v) is 2.16. The molecule has 0 aliphatic carbocycles. The summed E-state index contributed by atoms with van der Waals surface area (Å²) in [6.45, 7) is 2.71. The van der Waals surface area contributed by atoms with E-state index in [9.17, 15) is 14.9 Å². The molecule has 2 rings (SSSR count). The minimum Gasteiger partial charge on any atom is -0.334 e. The molecule has 0 N–H and O–H groups in total. The van der Waals surface area contributed by atoms with Crippen LogP contribution < -0.4 is 0 Å². The first kappa shape index (κ1) is 16.0. The Hall–Kier alpha value is -2.42. The zero-order chi connectivity index (χ0) is 16.4. The molecule has 0 saturated carbocycles. The lowest BCUT2D eigenvalue weighted by Crippen LogP contribution is -2.27. The predicted molar refractivity (Wildman–Crippen MR) is 78.6 cm³/mol. The molecule has 0 aliphatic rings. The highest BCUT2D eigenvalue weighted by atomic mass is 35.5. The number of nitrogens with zero attached hydrogens (tertiary/aromatic N) is 6. The largest absolute Gasteiger partial charge is 0.334 e. The quantitative estimate of drug-likeness (QED) is 0.612. The van der Waals surface area contributed by atoms with Gasteiger partial charge in [-0.25, -0.2) is 0 Å². The average molecular weight is 327 g/mol. The van der Waals surface area contributed by atoms with E-state index in [1.807, 2.05) is 6.92 Å². The Bertz CT molecular complexity index is 723. The number of amides is 1. The molecule has 0 unspecified atom stereocenters. The number of carbonyl (C=O) groups excluding carboxylic acids is 1. The number of rotatable bonds is 5. The van der Waals surface area contributed by atoms with Crippen LogP contribution in [-0.4, -0.2) is 42.3 Å². The van der Waals surface area contributed by atoms with Crippen molar-refractivity contribution in [3.8, 4) is 0 Å². The number of aryl methyl sites for hydroxylation is 2. The zero-order valence-corrected chi connectivity index (χ0v) is 13.1. The van der Waals surface area contributed by atoms with Crippen LogP contribution in [0.4, 0.5) is 5.69 Å². The van der Waals surface area contributed by atoms with Crippen molar-refractivity contribution in [2.24, 2.45) is 7.05 Å². The molecule has 0 spiro atoms. The molecular formula is C12H15ClN6O3. The van der Waals surface area contributed by atoms with Crippen molar-refractivity contribution in [2.45, 2.75) is 20.0 Å². The SMILES string of the molecule is CCn1cc(Cl)c(CN(C)C(=O)c2nn(C)cc2[N+](=O)[O-])n1. The molecule has 118 valence electrons. The normalized spacial score (nSPS) is 10.7. The molecule has 10 heteroatoms. The zero-order valence-electron chi connectivity index (χ0n) is 12.4. The summed E-state index contributed by atoms with van der Waals surface area (Å²) in [6, 6.07) is 0. The maximum atomic E-state index is 12.3. The van der Waals surface area contributed by atoms with E-state index in [2.05, 4.69) is 10.2 Å². The van der Waals surface area contributed by atoms with E-state index >= 15 is 0 Å². The van der Waals surface area contributed by atoms with Crippen molar-refractivity contribution < 1.29 is 9.72 Å². The Labute approximate surface area is 131 Å². The van der Waals surface area contributed by atoms with Gasteiger partial charge in [-0.3, -0.25) is 24.3 Å². The van der Waals surface area contributed by atoms with E-state index in [-0.39, 0.29) is 17.9 Å². The Kier molecular flexibility index (Phi) is 4.45. The van der Waals surface area contributed by atoms with Crippen LogP contribution in [0.25, 0.3) is 0 Å². The lowest BCUT2D eigenvalue weighted by Gasteiger charge is -2.14. The van der Waals surface area contributed by atoms with Gasteiger partial charge in [0.2, 0.25) is 5.69 Å². The molecule has 1 amide bonds. The van der Waals surface area contributed by atoms with Crippen LogP contribution in [0.2, 0.25) is 5.02 Å². The third kappa shape index (κ3) is 3.08. The van der Waals surface area contributed by atoms with Crippen LogP contribution >= 0.6 is 11.6 Å². The number of nitro groups is 1. The fraction of sp³-hybridized carbons (Fsp3) is 0.417. The topological polar surface area (TPSA) is 99.1 Å². The summed E-state index contributed by atoms with van der Waals surface area (Å²) in [5, 5.41) is 19.5. The molecule has 2 aromatic heterocycles. The molecule has 0 saturated heterocycles. The van der Waals surface area contributed by atoms with Gasteiger partial charge in [-0.15, -0.1) is 0 Å². The van der Waals surface area contributed by atoms with Gasteiger partial charge in [-0.1, -0.05) is 11.6 Å². The van der Waals surface area contributed by atoms with E-state index in [4.69, 9.17) is 11.6 Å². The van der Waals surface area contributed by atoms with Gasteiger partial charge in [0.25, 0.3) is 5.91 Å². The highest BCUT2D eigenvalue weighted by molar-refractivity contribution is 6.31. The van der Waals surface area contributed by atoms with Gasteiger partial charge >= 0.3 is 5.69 Å². The molecule has 0 fully saturated rings. The second kappa shape index (κ2) is 6.14. The van der Waals surface area contributed by atoms with Crippen LogP contribution in [0.1, 0.15) is 23.1 Å². The summed E-state index contributed by atoms with van der Waals surface area (Å²) >= 11 is 6.06. The van der Waals surface area contributed by atoms with Crippen molar-refractivity contribution in [3.63, 3.8) is 0 Å². The van der Waals surface area contributed by atoms with Gasteiger partial charge in [-0.2, -0.15) is 10.2 Å². The monoisotopic (exact) mass is 326 g/mol. The molecule has 0 aliphatic heterocycles. The summed E-state index contributed by atoms with van der Waals surface area (Å²) in [5.41, 5.74) is -0.0106. The third-order valence-electron chi connectivity index (χ3n) is 3.05. The van der Waals surface area contributed by atoms with Gasteiger partial charge < -0.3 is 4.90 Å². The standard InChI is InChI=1S/C12H15ClN6O3/c1-4-18-5-8(13)9(14-18)6-16(2)12(20)11-10(19(21)22)7-17(3)15-11/h5,7H,4,6H2,1-3H3. The predicted octanol–water partition coefficient (Wildman–Crippen LogP) is 1.47. The van der Waals surface area contributed by atoms with Gasteiger partial charge in [-0.05, 0) is 6.92 Å². The molecule has 0 aromatic carbocycles. The van der Waals surface area contributed by atoms with Crippen LogP contribution in [-0.2, 0) is 20.1 Å². The number of carbonyl (C=O) groups is 1. The molecule has 0 radical (unpaired) electrons. The highest BCUT2D eigenvalue weighted by Crippen LogP contribution is 2.20.